The molecule has 0 amide bonds. The van der Waals surface area contributed by atoms with Crippen LogP contribution in [0.15, 0.2) is 11.1 Å². The molecule has 0 saturated heterocycles. The van der Waals surface area contributed by atoms with Crippen molar-refractivity contribution in [1.82, 2.24) is 0 Å². The lowest BCUT2D eigenvalue weighted by molar-refractivity contribution is 0.584. The molecule has 0 fully saturated rings. The molecule has 0 bridgehead atoms. The summed E-state index contributed by atoms with van der Waals surface area (Å²) in [6.07, 6.45) is 4.17. The van der Waals surface area contributed by atoms with Gasteiger partial charge in [-0.2, -0.15) is 0 Å². The number of rotatable bonds is 0. The Morgan fingerprint density at radius 3 is 2.78 bits per heavy atom. The van der Waals surface area contributed by atoms with Crippen molar-refractivity contribution < 1.29 is 0 Å². The molecule has 0 saturated carbocycles. The zero-order valence-electron chi connectivity index (χ0n) is 5.40. The third-order valence-corrected chi connectivity index (χ3v) is 2.85. The van der Waals surface area contributed by atoms with Gasteiger partial charge >= 0.3 is 0 Å². The fourth-order valence-corrected chi connectivity index (χ4v) is 1.58. The molecular formula is C7H10Cl2. The summed E-state index contributed by atoms with van der Waals surface area (Å²) < 4.78 is 0. The van der Waals surface area contributed by atoms with Crippen LogP contribution in [0, 0.1) is 5.92 Å². The molecule has 1 aliphatic rings. The van der Waals surface area contributed by atoms with E-state index in [4.69, 9.17) is 23.2 Å². The van der Waals surface area contributed by atoms with Gasteiger partial charge < -0.3 is 0 Å². The number of hydrogen-bond donors (Lipinski definition) is 0. The van der Waals surface area contributed by atoms with Crippen LogP contribution >= 0.6 is 23.2 Å². The maximum absolute atomic E-state index is 5.94. The van der Waals surface area contributed by atoms with Crippen LogP contribution in [0.2, 0.25) is 0 Å². The maximum Gasteiger partial charge on any atom is 0.0413 e. The average Bonchev–Trinajstić information content (AvgIpc) is 1.83. The van der Waals surface area contributed by atoms with E-state index in [2.05, 4.69) is 13.0 Å². The second-order valence-corrected chi connectivity index (χ2v) is 3.47. The van der Waals surface area contributed by atoms with E-state index in [-0.39, 0.29) is 5.38 Å². The first-order chi connectivity index (χ1) is 4.22. The number of allylic oxidation sites excluding steroid dienone is 2. The monoisotopic (exact) mass is 164 g/mol. The lowest BCUT2D eigenvalue weighted by Crippen LogP contribution is -2.14. The van der Waals surface area contributed by atoms with E-state index < -0.39 is 0 Å². The summed E-state index contributed by atoms with van der Waals surface area (Å²) in [5.41, 5.74) is 0. The van der Waals surface area contributed by atoms with E-state index in [1.165, 1.54) is 0 Å². The van der Waals surface area contributed by atoms with Crippen LogP contribution in [-0.4, -0.2) is 5.38 Å². The highest BCUT2D eigenvalue weighted by molar-refractivity contribution is 6.31. The van der Waals surface area contributed by atoms with Gasteiger partial charge in [-0.15, -0.1) is 11.6 Å². The second kappa shape index (κ2) is 2.94. The SMILES string of the molecule is CC1C(Cl)=CCCC1Cl. The van der Waals surface area contributed by atoms with Gasteiger partial charge in [-0.1, -0.05) is 24.6 Å². The van der Waals surface area contributed by atoms with Gasteiger partial charge in [0.2, 0.25) is 0 Å². The Hall–Kier alpha value is 0.320. The predicted molar refractivity (Wildman–Crippen MR) is 42.0 cm³/mol. The van der Waals surface area contributed by atoms with E-state index in [0.29, 0.717) is 5.92 Å². The van der Waals surface area contributed by atoms with Crippen molar-refractivity contribution in [3.05, 3.63) is 11.1 Å². The first-order valence-electron chi connectivity index (χ1n) is 3.21. The van der Waals surface area contributed by atoms with E-state index >= 15 is 0 Å². The minimum Gasteiger partial charge on any atom is -0.122 e. The smallest absolute Gasteiger partial charge is 0.0413 e. The van der Waals surface area contributed by atoms with E-state index in [1.807, 2.05) is 0 Å². The standard InChI is InChI=1S/C7H10Cl2/c1-5-6(8)3-2-4-7(5)9/h3,5,7H,2,4H2,1H3. The molecule has 0 nitrogen and oxygen atoms in total. The topological polar surface area (TPSA) is 0 Å². The highest BCUT2D eigenvalue weighted by Gasteiger charge is 2.19. The number of alkyl halides is 1. The first kappa shape index (κ1) is 7.43. The summed E-state index contributed by atoms with van der Waals surface area (Å²) in [6.45, 7) is 2.07. The van der Waals surface area contributed by atoms with Crippen LogP contribution in [0.4, 0.5) is 0 Å². The first-order valence-corrected chi connectivity index (χ1v) is 4.03. The minimum absolute atomic E-state index is 0.252. The van der Waals surface area contributed by atoms with Gasteiger partial charge in [-0.05, 0) is 12.8 Å². The quantitative estimate of drug-likeness (QED) is 0.483. The van der Waals surface area contributed by atoms with Crippen LogP contribution < -0.4 is 0 Å². The Labute approximate surface area is 65.8 Å². The molecule has 0 aromatic carbocycles. The van der Waals surface area contributed by atoms with Gasteiger partial charge in [-0.3, -0.25) is 0 Å². The Kier molecular flexibility index (Phi) is 2.42. The Morgan fingerprint density at radius 1 is 1.67 bits per heavy atom. The van der Waals surface area contributed by atoms with Crippen molar-refractivity contribution in [1.29, 1.82) is 0 Å². The molecule has 2 heteroatoms. The lowest BCUT2D eigenvalue weighted by atomic mass is 9.97. The predicted octanol–water partition coefficient (Wildman–Crippen LogP) is 3.15. The van der Waals surface area contributed by atoms with Crippen LogP contribution in [0.25, 0.3) is 0 Å². The summed E-state index contributed by atoms with van der Waals surface area (Å²) in [7, 11) is 0. The van der Waals surface area contributed by atoms with Gasteiger partial charge in [0.05, 0.1) is 0 Å². The van der Waals surface area contributed by atoms with Crippen molar-refractivity contribution in [3.63, 3.8) is 0 Å². The zero-order valence-corrected chi connectivity index (χ0v) is 6.91. The maximum atomic E-state index is 5.94. The fraction of sp³-hybridized carbons (Fsp3) is 0.714. The third-order valence-electron chi connectivity index (χ3n) is 1.76. The summed E-state index contributed by atoms with van der Waals surface area (Å²) in [5.74, 6) is 0.363. The highest BCUT2D eigenvalue weighted by Crippen LogP contribution is 2.30. The molecule has 0 aromatic heterocycles. The molecule has 2 unspecified atom stereocenters. The molecule has 52 valence electrons. The second-order valence-electron chi connectivity index (χ2n) is 2.47. The van der Waals surface area contributed by atoms with Gasteiger partial charge in [0.15, 0.2) is 0 Å². The minimum atomic E-state index is 0.252. The lowest BCUT2D eigenvalue weighted by Gasteiger charge is -2.20. The van der Waals surface area contributed by atoms with Crippen LogP contribution in [0.3, 0.4) is 0 Å². The summed E-state index contributed by atoms with van der Waals surface area (Å²) in [6, 6.07) is 0. The van der Waals surface area contributed by atoms with Crippen molar-refractivity contribution in [2.75, 3.05) is 0 Å². The van der Waals surface area contributed by atoms with Crippen molar-refractivity contribution in [2.45, 2.75) is 25.1 Å². The normalized spacial score (nSPS) is 36.1. The average molecular weight is 165 g/mol. The van der Waals surface area contributed by atoms with Gasteiger partial charge in [-0.25, -0.2) is 0 Å². The molecule has 0 heterocycles. The van der Waals surface area contributed by atoms with E-state index in [1.54, 1.807) is 0 Å². The van der Waals surface area contributed by atoms with E-state index in [9.17, 15) is 0 Å². The molecule has 9 heavy (non-hydrogen) atoms. The summed E-state index contributed by atoms with van der Waals surface area (Å²) >= 11 is 11.8. The summed E-state index contributed by atoms with van der Waals surface area (Å²) in [5, 5.41) is 1.18. The van der Waals surface area contributed by atoms with E-state index in [0.717, 1.165) is 17.9 Å². The fourth-order valence-electron chi connectivity index (χ4n) is 0.989. The number of halogens is 2. The molecule has 0 aromatic rings. The Morgan fingerprint density at radius 2 is 2.33 bits per heavy atom. The molecule has 0 spiro atoms. The third kappa shape index (κ3) is 1.62. The van der Waals surface area contributed by atoms with Crippen LogP contribution in [-0.2, 0) is 0 Å². The molecule has 1 aliphatic carbocycles. The van der Waals surface area contributed by atoms with Crippen molar-refractivity contribution in [3.8, 4) is 0 Å². The molecule has 1 rings (SSSR count). The Balaban J connectivity index is 2.62. The van der Waals surface area contributed by atoms with Crippen LogP contribution in [0.5, 0.6) is 0 Å². The molecular weight excluding hydrogens is 155 g/mol. The van der Waals surface area contributed by atoms with Gasteiger partial charge in [0, 0.05) is 16.3 Å². The highest BCUT2D eigenvalue weighted by atomic mass is 35.5. The molecule has 2 atom stereocenters. The molecule has 0 radical (unpaired) electrons. The van der Waals surface area contributed by atoms with Gasteiger partial charge in [0.25, 0.3) is 0 Å². The zero-order chi connectivity index (χ0) is 6.85. The Bertz CT molecular complexity index is 129. The molecule has 0 N–H and O–H groups in total. The van der Waals surface area contributed by atoms with Crippen molar-refractivity contribution >= 4 is 23.2 Å². The van der Waals surface area contributed by atoms with Crippen LogP contribution in [0.1, 0.15) is 19.8 Å². The van der Waals surface area contributed by atoms with Crippen molar-refractivity contribution in [2.24, 2.45) is 5.92 Å². The largest absolute Gasteiger partial charge is 0.122 e. The number of hydrogen-bond acceptors (Lipinski definition) is 0. The summed E-state index contributed by atoms with van der Waals surface area (Å²) in [4.78, 5) is 0. The van der Waals surface area contributed by atoms with Gasteiger partial charge in [0.1, 0.15) is 0 Å². The molecule has 0 aliphatic heterocycles.